The third kappa shape index (κ3) is 8.84. The van der Waals surface area contributed by atoms with Gasteiger partial charge in [0.05, 0.1) is 6.04 Å². The summed E-state index contributed by atoms with van der Waals surface area (Å²) in [5, 5.41) is 19.1. The van der Waals surface area contributed by atoms with Crippen LogP contribution in [-0.2, 0) is 25.6 Å². The minimum atomic E-state index is -1.09. The summed E-state index contributed by atoms with van der Waals surface area (Å²) in [6.45, 7) is 9.94. The van der Waals surface area contributed by atoms with Crippen molar-refractivity contribution in [1.29, 1.82) is 0 Å². The average Bonchev–Trinajstić information content (AvgIpc) is 3.32. The molecule has 5 amide bonds. The molecule has 1 heterocycles. The SMILES string of the molecule is CC[C@@H]1[C@@H](C(=O)NC(CC2CCC2)C(=O)C(N)=O)N(C(=O)[C@@H](NC(=O)NC2(Cc3cccc(O)c3)CCCCC2)C(C)(C)C)C[C@@H]1C. The number of primary amides is 1. The molecule has 260 valence electrons. The molecular formula is C36H55N5O6. The summed E-state index contributed by atoms with van der Waals surface area (Å²) in [6, 6.07) is 3.78. The molecule has 5 atom stereocenters. The number of benzene rings is 1. The van der Waals surface area contributed by atoms with Crippen LogP contribution in [-0.4, -0.2) is 69.8 Å². The minimum Gasteiger partial charge on any atom is -0.508 e. The van der Waals surface area contributed by atoms with Crippen LogP contribution in [0.4, 0.5) is 4.79 Å². The van der Waals surface area contributed by atoms with Crippen LogP contribution in [0.25, 0.3) is 0 Å². The van der Waals surface area contributed by atoms with E-state index in [1.807, 2.05) is 40.7 Å². The number of hydrogen-bond acceptors (Lipinski definition) is 6. The molecule has 0 radical (unpaired) electrons. The molecule has 2 aliphatic carbocycles. The fraction of sp³-hybridized carbons (Fsp3) is 0.694. The van der Waals surface area contributed by atoms with Crippen molar-refractivity contribution in [3.05, 3.63) is 29.8 Å². The first kappa shape index (κ1) is 36.2. The number of carbonyl (C=O) groups is 5. The molecule has 1 aliphatic heterocycles. The normalized spacial score (nSPS) is 24.0. The van der Waals surface area contributed by atoms with Gasteiger partial charge in [0.25, 0.3) is 5.91 Å². The van der Waals surface area contributed by atoms with Gasteiger partial charge in [-0.15, -0.1) is 0 Å². The number of phenols is 1. The highest BCUT2D eigenvalue weighted by atomic mass is 16.3. The Morgan fingerprint density at radius 3 is 2.28 bits per heavy atom. The number of ketones is 1. The Morgan fingerprint density at radius 1 is 1.04 bits per heavy atom. The molecular weight excluding hydrogens is 598 g/mol. The van der Waals surface area contributed by atoms with E-state index in [0.29, 0.717) is 25.8 Å². The third-order valence-corrected chi connectivity index (χ3v) is 10.7. The Labute approximate surface area is 279 Å². The van der Waals surface area contributed by atoms with E-state index in [1.54, 1.807) is 23.1 Å². The second-order valence-corrected chi connectivity index (χ2v) is 15.4. The second kappa shape index (κ2) is 15.1. The van der Waals surface area contributed by atoms with Crippen molar-refractivity contribution in [2.45, 2.75) is 129 Å². The van der Waals surface area contributed by atoms with Crippen molar-refractivity contribution >= 4 is 29.5 Å². The maximum Gasteiger partial charge on any atom is 0.315 e. The zero-order chi connectivity index (χ0) is 34.5. The largest absolute Gasteiger partial charge is 0.508 e. The van der Waals surface area contributed by atoms with E-state index in [0.717, 1.165) is 56.9 Å². The van der Waals surface area contributed by atoms with E-state index in [2.05, 4.69) is 16.0 Å². The number of amides is 5. The number of phenolic OH excluding ortho intramolecular Hbond substituents is 1. The van der Waals surface area contributed by atoms with Crippen molar-refractivity contribution in [3.8, 4) is 5.75 Å². The molecule has 3 fully saturated rings. The van der Waals surface area contributed by atoms with Crippen molar-refractivity contribution in [2.24, 2.45) is 28.9 Å². The highest BCUT2D eigenvalue weighted by Gasteiger charge is 2.49. The average molecular weight is 654 g/mol. The van der Waals surface area contributed by atoms with E-state index in [9.17, 15) is 29.1 Å². The molecule has 1 aromatic rings. The lowest BCUT2D eigenvalue weighted by molar-refractivity contribution is -0.144. The molecule has 1 aromatic carbocycles. The van der Waals surface area contributed by atoms with Gasteiger partial charge in [-0.2, -0.15) is 0 Å². The summed E-state index contributed by atoms with van der Waals surface area (Å²) in [7, 11) is 0. The standard InChI is InChI=1S/C36H55N5O6/c1-6-26-22(2)21-41(28(26)32(45)38-27(29(43)31(37)44)19-23-12-10-13-23)33(46)30(35(3,4)5)39-34(47)40-36(16-8-7-9-17-36)20-24-14-11-15-25(42)18-24/h11,14-15,18,22-23,26-28,30,42H,6-10,12-13,16-17,19-21H2,1-5H3,(H2,37,44)(H,38,45)(H2,39,40,47)/t22-,26-,27?,28-,30+/m0/s1. The van der Waals surface area contributed by atoms with Crippen LogP contribution < -0.4 is 21.7 Å². The summed E-state index contributed by atoms with van der Waals surface area (Å²) in [5.74, 6) is -2.51. The topological polar surface area (TPSA) is 171 Å². The molecule has 4 rings (SSSR count). The molecule has 6 N–H and O–H groups in total. The predicted molar refractivity (Wildman–Crippen MR) is 179 cm³/mol. The molecule has 47 heavy (non-hydrogen) atoms. The number of nitrogens with two attached hydrogens (primary N) is 1. The molecule has 0 spiro atoms. The lowest BCUT2D eigenvalue weighted by Gasteiger charge is -2.40. The maximum atomic E-state index is 14.4. The number of likely N-dealkylation sites (tertiary alicyclic amines) is 1. The van der Waals surface area contributed by atoms with Crippen LogP contribution in [0.15, 0.2) is 24.3 Å². The first-order valence-corrected chi connectivity index (χ1v) is 17.4. The third-order valence-electron chi connectivity index (χ3n) is 10.7. The Morgan fingerprint density at radius 2 is 1.72 bits per heavy atom. The van der Waals surface area contributed by atoms with Gasteiger partial charge in [-0.3, -0.25) is 19.2 Å². The molecule has 1 saturated heterocycles. The van der Waals surface area contributed by atoms with Crippen LogP contribution in [0.2, 0.25) is 0 Å². The number of rotatable bonds is 12. The lowest BCUT2D eigenvalue weighted by Crippen LogP contribution is -2.63. The summed E-state index contributed by atoms with van der Waals surface area (Å²) in [5.41, 5.74) is 5.06. The zero-order valence-corrected chi connectivity index (χ0v) is 28.8. The number of carbonyl (C=O) groups excluding carboxylic acids is 5. The Kier molecular flexibility index (Phi) is 11.6. The highest BCUT2D eigenvalue weighted by Crippen LogP contribution is 2.36. The van der Waals surface area contributed by atoms with Gasteiger partial charge in [-0.1, -0.05) is 91.7 Å². The van der Waals surface area contributed by atoms with Gasteiger partial charge < -0.3 is 31.7 Å². The van der Waals surface area contributed by atoms with Crippen LogP contribution in [0.5, 0.6) is 5.75 Å². The van der Waals surface area contributed by atoms with Crippen molar-refractivity contribution in [2.75, 3.05) is 6.54 Å². The number of Topliss-reactive ketones (excluding diaryl/α,β-unsaturated/α-hetero) is 1. The molecule has 3 aliphatic rings. The number of nitrogens with one attached hydrogen (secondary N) is 3. The summed E-state index contributed by atoms with van der Waals surface area (Å²) in [4.78, 5) is 68.3. The minimum absolute atomic E-state index is 0.00105. The monoisotopic (exact) mass is 653 g/mol. The van der Waals surface area contributed by atoms with E-state index in [4.69, 9.17) is 5.73 Å². The first-order valence-electron chi connectivity index (χ1n) is 17.4. The molecule has 1 unspecified atom stereocenters. The number of nitrogens with zero attached hydrogens (tertiary/aromatic N) is 1. The van der Waals surface area contributed by atoms with E-state index in [-0.39, 0.29) is 29.4 Å². The van der Waals surface area contributed by atoms with Crippen LogP contribution in [0, 0.1) is 23.2 Å². The van der Waals surface area contributed by atoms with E-state index < -0.39 is 52.7 Å². The summed E-state index contributed by atoms with van der Waals surface area (Å²) >= 11 is 0. The van der Waals surface area contributed by atoms with Gasteiger partial charge in [0.15, 0.2) is 0 Å². The fourth-order valence-electron chi connectivity index (χ4n) is 7.87. The molecule has 11 heteroatoms. The van der Waals surface area contributed by atoms with Crippen molar-refractivity contribution in [1.82, 2.24) is 20.9 Å². The molecule has 2 saturated carbocycles. The molecule has 0 aromatic heterocycles. The molecule has 0 bridgehead atoms. The van der Waals surface area contributed by atoms with Crippen molar-refractivity contribution < 1.29 is 29.1 Å². The number of urea groups is 1. The lowest BCUT2D eigenvalue weighted by atomic mass is 9.77. The predicted octanol–water partition coefficient (Wildman–Crippen LogP) is 3.95. The first-order chi connectivity index (χ1) is 22.1. The second-order valence-electron chi connectivity index (χ2n) is 15.4. The van der Waals surface area contributed by atoms with Gasteiger partial charge in [0, 0.05) is 12.1 Å². The highest BCUT2D eigenvalue weighted by molar-refractivity contribution is 6.37. The van der Waals surface area contributed by atoms with E-state index >= 15 is 0 Å². The van der Waals surface area contributed by atoms with E-state index in [1.165, 1.54) is 0 Å². The van der Waals surface area contributed by atoms with Crippen LogP contribution in [0.3, 0.4) is 0 Å². The van der Waals surface area contributed by atoms with Gasteiger partial charge in [0.2, 0.25) is 17.6 Å². The van der Waals surface area contributed by atoms with Gasteiger partial charge in [-0.25, -0.2) is 4.79 Å². The fourth-order valence-corrected chi connectivity index (χ4v) is 7.87. The number of hydrogen-bond donors (Lipinski definition) is 5. The van der Waals surface area contributed by atoms with Gasteiger partial charge >= 0.3 is 6.03 Å². The van der Waals surface area contributed by atoms with Gasteiger partial charge in [-0.05, 0) is 66.5 Å². The Hall–Kier alpha value is -3.63. The zero-order valence-electron chi connectivity index (χ0n) is 28.8. The summed E-state index contributed by atoms with van der Waals surface area (Å²) < 4.78 is 0. The Balaban J connectivity index is 1.54. The smallest absolute Gasteiger partial charge is 0.315 e. The quantitative estimate of drug-likeness (QED) is 0.214. The number of aromatic hydroxyl groups is 1. The van der Waals surface area contributed by atoms with Crippen molar-refractivity contribution in [3.63, 3.8) is 0 Å². The van der Waals surface area contributed by atoms with Gasteiger partial charge in [0.1, 0.15) is 17.8 Å². The molecule has 11 nitrogen and oxygen atoms in total. The van der Waals surface area contributed by atoms with Crippen LogP contribution in [0.1, 0.15) is 104 Å². The Bertz CT molecular complexity index is 1310. The van der Waals surface area contributed by atoms with Crippen LogP contribution >= 0.6 is 0 Å². The maximum absolute atomic E-state index is 14.4. The summed E-state index contributed by atoms with van der Waals surface area (Å²) in [6.07, 6.45) is 8.98.